The molecule has 0 spiro atoms. The number of benzene rings is 1. The van der Waals surface area contributed by atoms with Crippen molar-refractivity contribution in [1.82, 2.24) is 9.97 Å². The first-order valence-corrected chi connectivity index (χ1v) is 4.88. The highest BCUT2D eigenvalue weighted by Gasteiger charge is 2.03. The van der Waals surface area contributed by atoms with E-state index in [-0.39, 0.29) is 0 Å². The van der Waals surface area contributed by atoms with E-state index in [1.54, 1.807) is 18.7 Å². The highest BCUT2D eigenvalue weighted by atomic mass is 16.3. The van der Waals surface area contributed by atoms with Crippen LogP contribution in [-0.2, 0) is 0 Å². The fourth-order valence-corrected chi connectivity index (χ4v) is 1.58. The van der Waals surface area contributed by atoms with Gasteiger partial charge in [0.25, 0.3) is 0 Å². The van der Waals surface area contributed by atoms with Crippen molar-refractivity contribution in [2.45, 2.75) is 0 Å². The van der Waals surface area contributed by atoms with Crippen LogP contribution in [0.2, 0.25) is 0 Å². The Morgan fingerprint density at radius 1 is 1.12 bits per heavy atom. The van der Waals surface area contributed by atoms with Crippen molar-refractivity contribution < 1.29 is 4.42 Å². The molecule has 2 heterocycles. The summed E-state index contributed by atoms with van der Waals surface area (Å²) >= 11 is 0. The Bertz CT molecular complexity index is 632. The van der Waals surface area contributed by atoms with Crippen molar-refractivity contribution in [2.24, 2.45) is 0 Å². The number of furan rings is 1. The highest BCUT2D eigenvalue weighted by molar-refractivity contribution is 5.79. The number of nitrogen functional groups attached to an aromatic ring is 1. The van der Waals surface area contributed by atoms with Crippen molar-refractivity contribution in [1.29, 1.82) is 0 Å². The van der Waals surface area contributed by atoms with E-state index in [2.05, 4.69) is 9.97 Å². The van der Waals surface area contributed by atoms with E-state index >= 15 is 0 Å². The molecule has 78 valence electrons. The lowest BCUT2D eigenvalue weighted by atomic mass is 10.2. The molecular weight excluding hydrogens is 202 g/mol. The lowest BCUT2D eigenvalue weighted by molar-refractivity contribution is 0.568. The maximum Gasteiger partial charge on any atom is 0.0997 e. The molecular formula is C12H9N3O. The summed E-state index contributed by atoms with van der Waals surface area (Å²) in [4.78, 5) is 8.79. The van der Waals surface area contributed by atoms with Gasteiger partial charge in [0.2, 0.25) is 0 Å². The summed E-state index contributed by atoms with van der Waals surface area (Å²) in [6.07, 6.45) is 4.98. The average molecular weight is 211 g/mol. The molecule has 2 N–H and O–H groups in total. The van der Waals surface area contributed by atoms with E-state index in [9.17, 15) is 0 Å². The predicted octanol–water partition coefficient (Wildman–Crippen LogP) is 2.47. The van der Waals surface area contributed by atoms with Crippen LogP contribution in [0, 0.1) is 0 Å². The Kier molecular flexibility index (Phi) is 1.86. The lowest BCUT2D eigenvalue weighted by Crippen LogP contribution is -1.90. The Morgan fingerprint density at radius 3 is 2.88 bits per heavy atom. The van der Waals surface area contributed by atoms with Crippen LogP contribution in [0.15, 0.2) is 47.4 Å². The van der Waals surface area contributed by atoms with Crippen LogP contribution in [-0.4, -0.2) is 9.97 Å². The molecule has 0 atom stereocenters. The summed E-state index contributed by atoms with van der Waals surface area (Å²) in [5.74, 6) is 0. The lowest BCUT2D eigenvalue weighted by Gasteiger charge is -2.00. The third-order valence-electron chi connectivity index (χ3n) is 2.38. The molecule has 4 nitrogen and oxygen atoms in total. The molecule has 16 heavy (non-hydrogen) atoms. The van der Waals surface area contributed by atoms with Crippen LogP contribution in [0.5, 0.6) is 0 Å². The summed E-state index contributed by atoms with van der Waals surface area (Å²) in [5.41, 5.74) is 9.71. The summed E-state index contributed by atoms with van der Waals surface area (Å²) in [5, 5.41) is 0. The van der Waals surface area contributed by atoms with E-state index < -0.39 is 0 Å². The van der Waals surface area contributed by atoms with Gasteiger partial charge in [-0.1, -0.05) is 0 Å². The molecule has 0 amide bonds. The third kappa shape index (κ3) is 1.40. The molecule has 0 fully saturated rings. The topological polar surface area (TPSA) is 64.9 Å². The number of hydrogen-bond acceptors (Lipinski definition) is 4. The molecule has 3 rings (SSSR count). The first-order chi connectivity index (χ1) is 7.83. The SMILES string of the molecule is Nc1ccc2nc(-c3ccoc3)cnc2c1. The maximum atomic E-state index is 5.67. The molecule has 0 aliphatic heterocycles. The minimum atomic E-state index is 0.692. The van der Waals surface area contributed by atoms with Gasteiger partial charge in [-0.15, -0.1) is 0 Å². The van der Waals surface area contributed by atoms with Gasteiger partial charge in [-0.3, -0.25) is 4.98 Å². The van der Waals surface area contributed by atoms with Gasteiger partial charge in [0.15, 0.2) is 0 Å². The minimum Gasteiger partial charge on any atom is -0.472 e. The van der Waals surface area contributed by atoms with E-state index in [1.807, 2.05) is 24.3 Å². The van der Waals surface area contributed by atoms with Gasteiger partial charge in [-0.25, -0.2) is 4.98 Å². The first kappa shape index (κ1) is 8.91. The van der Waals surface area contributed by atoms with Crippen LogP contribution in [0.1, 0.15) is 0 Å². The summed E-state index contributed by atoms with van der Waals surface area (Å²) < 4.78 is 5.01. The summed E-state index contributed by atoms with van der Waals surface area (Å²) in [7, 11) is 0. The smallest absolute Gasteiger partial charge is 0.0997 e. The van der Waals surface area contributed by atoms with Crippen molar-refractivity contribution in [3.05, 3.63) is 43.0 Å². The zero-order valence-electron chi connectivity index (χ0n) is 8.42. The molecule has 4 heteroatoms. The molecule has 0 saturated heterocycles. The molecule has 0 unspecified atom stereocenters. The first-order valence-electron chi connectivity index (χ1n) is 4.88. The van der Waals surface area contributed by atoms with Gasteiger partial charge in [-0.05, 0) is 24.3 Å². The van der Waals surface area contributed by atoms with Gasteiger partial charge in [0.1, 0.15) is 0 Å². The number of rotatable bonds is 1. The van der Waals surface area contributed by atoms with E-state index in [1.165, 1.54) is 0 Å². The standard InChI is InChI=1S/C12H9N3O/c13-9-1-2-10-11(5-9)14-6-12(15-10)8-3-4-16-7-8/h1-7H,13H2. The second-order valence-corrected chi connectivity index (χ2v) is 3.52. The Labute approximate surface area is 91.7 Å². The molecule has 1 aromatic carbocycles. The number of nitrogens with zero attached hydrogens (tertiary/aromatic N) is 2. The van der Waals surface area contributed by atoms with Crippen LogP contribution < -0.4 is 5.73 Å². The van der Waals surface area contributed by atoms with E-state index in [4.69, 9.17) is 10.2 Å². The minimum absolute atomic E-state index is 0.692. The second kappa shape index (κ2) is 3.34. The molecule has 0 saturated carbocycles. The summed E-state index contributed by atoms with van der Waals surface area (Å²) in [6, 6.07) is 7.34. The number of fused-ring (bicyclic) bond motifs is 1. The third-order valence-corrected chi connectivity index (χ3v) is 2.38. The Morgan fingerprint density at radius 2 is 2.06 bits per heavy atom. The quantitative estimate of drug-likeness (QED) is 0.628. The molecule has 2 aromatic heterocycles. The Hall–Kier alpha value is -2.36. The number of anilines is 1. The van der Waals surface area contributed by atoms with Crippen LogP contribution >= 0.6 is 0 Å². The molecule has 3 aromatic rings. The normalized spacial score (nSPS) is 10.8. The largest absolute Gasteiger partial charge is 0.472 e. The van der Waals surface area contributed by atoms with Crippen LogP contribution in [0.3, 0.4) is 0 Å². The highest BCUT2D eigenvalue weighted by Crippen LogP contribution is 2.20. The summed E-state index contributed by atoms with van der Waals surface area (Å²) in [6.45, 7) is 0. The maximum absolute atomic E-state index is 5.67. The van der Waals surface area contributed by atoms with Gasteiger partial charge in [-0.2, -0.15) is 0 Å². The van der Waals surface area contributed by atoms with Crippen molar-refractivity contribution in [2.75, 3.05) is 5.73 Å². The van der Waals surface area contributed by atoms with E-state index in [0.29, 0.717) is 5.69 Å². The van der Waals surface area contributed by atoms with Crippen molar-refractivity contribution in [3.8, 4) is 11.3 Å². The van der Waals surface area contributed by atoms with Crippen LogP contribution in [0.4, 0.5) is 5.69 Å². The Balaban J connectivity index is 2.20. The van der Waals surface area contributed by atoms with E-state index in [0.717, 1.165) is 22.3 Å². The fourth-order valence-electron chi connectivity index (χ4n) is 1.58. The molecule has 0 bridgehead atoms. The van der Waals surface area contributed by atoms with Gasteiger partial charge in [0, 0.05) is 11.3 Å². The number of nitrogens with two attached hydrogens (primary N) is 1. The average Bonchev–Trinajstić information content (AvgIpc) is 2.82. The van der Waals surface area contributed by atoms with Crippen LogP contribution in [0.25, 0.3) is 22.3 Å². The van der Waals surface area contributed by atoms with Gasteiger partial charge in [0.05, 0.1) is 35.5 Å². The van der Waals surface area contributed by atoms with Gasteiger partial charge >= 0.3 is 0 Å². The number of aromatic nitrogens is 2. The zero-order chi connectivity index (χ0) is 11.0. The monoisotopic (exact) mass is 211 g/mol. The zero-order valence-corrected chi connectivity index (χ0v) is 8.42. The number of hydrogen-bond donors (Lipinski definition) is 1. The van der Waals surface area contributed by atoms with Crippen molar-refractivity contribution >= 4 is 16.7 Å². The van der Waals surface area contributed by atoms with Gasteiger partial charge < -0.3 is 10.2 Å². The fraction of sp³-hybridized carbons (Fsp3) is 0. The van der Waals surface area contributed by atoms with Crippen molar-refractivity contribution in [3.63, 3.8) is 0 Å². The molecule has 0 aliphatic carbocycles. The predicted molar refractivity (Wildman–Crippen MR) is 61.7 cm³/mol. The second-order valence-electron chi connectivity index (χ2n) is 3.52. The molecule has 0 radical (unpaired) electrons. The molecule has 0 aliphatic rings.